The van der Waals surface area contributed by atoms with Gasteiger partial charge in [-0.3, -0.25) is 9.59 Å². The second-order valence-corrected chi connectivity index (χ2v) is 8.27. The molecule has 1 heterocycles. The van der Waals surface area contributed by atoms with Crippen LogP contribution in [0.4, 0.5) is 0 Å². The molecular weight excluding hydrogens is 372 g/mol. The van der Waals surface area contributed by atoms with Crippen molar-refractivity contribution in [2.75, 3.05) is 6.79 Å². The maximum atomic E-state index is 12.6. The van der Waals surface area contributed by atoms with E-state index in [1.165, 1.54) is 0 Å². The Labute approximate surface area is 171 Å². The molecule has 1 saturated carbocycles. The van der Waals surface area contributed by atoms with Gasteiger partial charge in [-0.15, -0.1) is 0 Å². The molecule has 1 N–H and O–H groups in total. The first-order valence-electron chi connectivity index (χ1n) is 10.6. The monoisotopic (exact) mass is 402 g/mol. The highest BCUT2D eigenvalue weighted by atomic mass is 16.7. The fourth-order valence-electron chi connectivity index (χ4n) is 5.00. The third-order valence-corrected chi connectivity index (χ3v) is 6.47. The summed E-state index contributed by atoms with van der Waals surface area (Å²) in [5.74, 6) is -1.90. The van der Waals surface area contributed by atoms with E-state index in [1.54, 1.807) is 19.1 Å². The van der Waals surface area contributed by atoms with E-state index in [0.717, 1.165) is 37.5 Å². The van der Waals surface area contributed by atoms with Crippen LogP contribution in [0, 0.1) is 23.7 Å². The number of unbranched alkanes of at least 4 members (excludes halogenated alkanes) is 2. The zero-order valence-corrected chi connectivity index (χ0v) is 17.1. The van der Waals surface area contributed by atoms with Crippen molar-refractivity contribution in [1.29, 1.82) is 0 Å². The minimum atomic E-state index is -0.943. The number of hydrogen-bond acceptors (Lipinski definition) is 5. The summed E-state index contributed by atoms with van der Waals surface area (Å²) in [5.41, 5.74) is 0.743. The number of carboxylic acid groups (broad SMARTS) is 1. The van der Waals surface area contributed by atoms with Crippen LogP contribution in [0.1, 0.15) is 63.9 Å². The third-order valence-electron chi connectivity index (χ3n) is 6.47. The molecule has 6 nitrogen and oxygen atoms in total. The van der Waals surface area contributed by atoms with E-state index in [9.17, 15) is 19.5 Å². The number of aldehydes is 1. The van der Waals surface area contributed by atoms with Gasteiger partial charge in [-0.2, -0.15) is 0 Å². The van der Waals surface area contributed by atoms with E-state index >= 15 is 0 Å². The van der Waals surface area contributed by atoms with Crippen molar-refractivity contribution in [3.63, 3.8) is 0 Å². The van der Waals surface area contributed by atoms with Gasteiger partial charge in [-0.05, 0) is 36.5 Å². The Hall–Kier alpha value is -2.37. The smallest absolute Gasteiger partial charge is 0.307 e. The van der Waals surface area contributed by atoms with Crippen LogP contribution in [-0.2, 0) is 14.4 Å². The van der Waals surface area contributed by atoms with Crippen molar-refractivity contribution in [1.82, 2.24) is 0 Å². The summed E-state index contributed by atoms with van der Waals surface area (Å²) in [6, 6.07) is 5.36. The number of ketones is 1. The predicted octanol–water partition coefficient (Wildman–Crippen LogP) is 4.21. The Morgan fingerprint density at radius 1 is 1.28 bits per heavy atom. The molecule has 1 fully saturated rings. The molecule has 1 aromatic carbocycles. The number of fused-ring (bicyclic) bond motifs is 1. The summed E-state index contributed by atoms with van der Waals surface area (Å²) in [5, 5.41) is 10.2. The lowest BCUT2D eigenvalue weighted by Gasteiger charge is -2.34. The second-order valence-electron chi connectivity index (χ2n) is 8.27. The average Bonchev–Trinajstić information content (AvgIpc) is 3.31. The Kier molecular flexibility index (Phi) is 6.93. The van der Waals surface area contributed by atoms with Crippen LogP contribution in [0.2, 0.25) is 0 Å². The molecule has 1 aliphatic carbocycles. The highest BCUT2D eigenvalue weighted by molar-refractivity contribution is 5.85. The molecule has 0 amide bonds. The van der Waals surface area contributed by atoms with Crippen molar-refractivity contribution in [3.05, 3.63) is 23.8 Å². The van der Waals surface area contributed by atoms with E-state index in [-0.39, 0.29) is 24.4 Å². The van der Waals surface area contributed by atoms with Crippen LogP contribution in [0.25, 0.3) is 0 Å². The van der Waals surface area contributed by atoms with Crippen molar-refractivity contribution in [2.24, 2.45) is 23.7 Å². The van der Waals surface area contributed by atoms with Gasteiger partial charge in [0.05, 0.1) is 5.92 Å². The Morgan fingerprint density at radius 2 is 2.03 bits per heavy atom. The first-order valence-corrected chi connectivity index (χ1v) is 10.6. The number of ether oxygens (including phenoxy) is 2. The fourth-order valence-corrected chi connectivity index (χ4v) is 5.00. The zero-order chi connectivity index (χ0) is 21.0. The van der Waals surface area contributed by atoms with Crippen LogP contribution in [-0.4, -0.2) is 29.9 Å². The fraction of sp³-hybridized carbons (Fsp3) is 0.609. The van der Waals surface area contributed by atoms with E-state index in [4.69, 9.17) is 9.47 Å². The maximum absolute atomic E-state index is 12.6. The Morgan fingerprint density at radius 3 is 2.72 bits per heavy atom. The average molecular weight is 402 g/mol. The Balaban J connectivity index is 1.95. The molecule has 3 rings (SSSR count). The van der Waals surface area contributed by atoms with Gasteiger partial charge in [-0.25, -0.2) is 0 Å². The summed E-state index contributed by atoms with van der Waals surface area (Å²) in [6.07, 6.45) is 5.54. The van der Waals surface area contributed by atoms with Crippen molar-refractivity contribution >= 4 is 18.0 Å². The first-order chi connectivity index (χ1) is 14.0. The molecule has 1 aromatic rings. The summed E-state index contributed by atoms with van der Waals surface area (Å²) in [7, 11) is 0. The number of benzene rings is 1. The van der Waals surface area contributed by atoms with E-state index in [0.29, 0.717) is 24.3 Å². The standard InChI is InChI=1S/C23H30O6/c1-3-4-5-6-16-17(8-9-18(16)25)22(23(26)27)21(14(2)12-24)15-7-10-19-20(11-15)29-13-28-19/h7,10-12,14,16-17,21-22H,3-6,8-9,13H2,1-2H3,(H,26,27). The number of carbonyl (C=O) groups excluding carboxylic acids is 2. The Bertz CT molecular complexity index is 758. The van der Waals surface area contributed by atoms with Gasteiger partial charge in [0, 0.05) is 24.2 Å². The van der Waals surface area contributed by atoms with Gasteiger partial charge in [0.25, 0.3) is 0 Å². The lowest BCUT2D eigenvalue weighted by Crippen LogP contribution is -2.36. The molecule has 5 unspecified atom stereocenters. The van der Waals surface area contributed by atoms with E-state index < -0.39 is 23.7 Å². The van der Waals surface area contributed by atoms with Gasteiger partial charge in [0.2, 0.25) is 6.79 Å². The normalized spacial score (nSPS) is 23.6. The minimum Gasteiger partial charge on any atom is -0.481 e. The first kappa shape index (κ1) is 21.3. The predicted molar refractivity (Wildman–Crippen MR) is 107 cm³/mol. The summed E-state index contributed by atoms with van der Waals surface area (Å²) in [6.45, 7) is 3.99. The number of rotatable bonds is 10. The SMILES string of the molecule is CCCCCC1C(=O)CCC1C(C(=O)O)C(c1ccc2c(c1)OCO2)C(C)C=O. The number of hydrogen-bond donors (Lipinski definition) is 1. The number of aliphatic carboxylic acids is 1. The third kappa shape index (κ3) is 4.46. The van der Waals surface area contributed by atoms with E-state index in [1.807, 2.05) is 6.07 Å². The molecule has 6 heteroatoms. The van der Waals surface area contributed by atoms with Gasteiger partial charge < -0.3 is 19.4 Å². The lowest BCUT2D eigenvalue weighted by molar-refractivity contribution is -0.146. The van der Waals surface area contributed by atoms with Crippen LogP contribution in [0.3, 0.4) is 0 Å². The molecule has 0 aromatic heterocycles. The molecular formula is C23H30O6. The molecule has 0 radical (unpaired) electrons. The maximum Gasteiger partial charge on any atom is 0.307 e. The van der Waals surface area contributed by atoms with Gasteiger partial charge in [0.15, 0.2) is 11.5 Å². The summed E-state index contributed by atoms with van der Waals surface area (Å²) < 4.78 is 10.8. The van der Waals surface area contributed by atoms with Crippen LogP contribution in [0.15, 0.2) is 18.2 Å². The van der Waals surface area contributed by atoms with Crippen molar-refractivity contribution < 1.29 is 29.0 Å². The molecule has 0 spiro atoms. The molecule has 2 aliphatic rings. The van der Waals surface area contributed by atoms with Gasteiger partial charge in [0.1, 0.15) is 12.1 Å². The van der Waals surface area contributed by atoms with Crippen LogP contribution >= 0.6 is 0 Å². The number of carboxylic acids is 1. The molecule has 158 valence electrons. The summed E-state index contributed by atoms with van der Waals surface area (Å²) >= 11 is 0. The highest BCUT2D eigenvalue weighted by Gasteiger charge is 2.47. The van der Waals surface area contributed by atoms with Crippen molar-refractivity contribution in [3.8, 4) is 11.5 Å². The van der Waals surface area contributed by atoms with Crippen molar-refractivity contribution in [2.45, 2.75) is 58.3 Å². The molecule has 29 heavy (non-hydrogen) atoms. The van der Waals surface area contributed by atoms with Crippen LogP contribution in [0.5, 0.6) is 11.5 Å². The summed E-state index contributed by atoms with van der Waals surface area (Å²) in [4.78, 5) is 36.7. The molecule has 5 atom stereocenters. The second kappa shape index (κ2) is 9.42. The van der Waals surface area contributed by atoms with Gasteiger partial charge >= 0.3 is 5.97 Å². The van der Waals surface area contributed by atoms with Crippen LogP contribution < -0.4 is 9.47 Å². The largest absolute Gasteiger partial charge is 0.481 e. The zero-order valence-electron chi connectivity index (χ0n) is 17.1. The topological polar surface area (TPSA) is 89.9 Å². The number of carbonyl (C=O) groups is 3. The lowest BCUT2D eigenvalue weighted by atomic mass is 9.68. The molecule has 1 aliphatic heterocycles. The minimum absolute atomic E-state index is 0.131. The number of Topliss-reactive ketones (excluding diaryl/α,β-unsaturated/α-hetero) is 1. The quantitative estimate of drug-likeness (QED) is 0.466. The van der Waals surface area contributed by atoms with Gasteiger partial charge in [-0.1, -0.05) is 39.2 Å². The molecule has 0 saturated heterocycles. The highest BCUT2D eigenvalue weighted by Crippen LogP contribution is 2.47. The molecule has 0 bridgehead atoms. The van der Waals surface area contributed by atoms with E-state index in [2.05, 4.69) is 6.92 Å².